The second kappa shape index (κ2) is 8.25. The lowest BCUT2D eigenvalue weighted by molar-refractivity contribution is -0.117. The van der Waals surface area contributed by atoms with Crippen LogP contribution in [0.5, 0.6) is 0 Å². The number of aromatic nitrogens is 3. The molecule has 2 N–H and O–H groups in total. The summed E-state index contributed by atoms with van der Waals surface area (Å²) in [6, 6.07) is 14.6. The molecular weight excluding hydrogens is 426 g/mol. The number of hydrogen-bond donors (Lipinski definition) is 1. The standard InChI is InChI=1S/C24H22F2N6O/c1-30(13-15-8-17(25)10-18(26)9-15)23-7-6-22-28-12-21(32(22)29-23)16-2-4-20(5-3-16)31-14-19(27)11-24(31)33/h2-10,12,19H,11,13-14,27H2,1H3/t19-/m0/s1. The molecule has 0 unspecified atom stereocenters. The van der Waals surface area contributed by atoms with Crippen molar-refractivity contribution in [2.24, 2.45) is 5.73 Å². The third kappa shape index (κ3) is 4.14. The monoisotopic (exact) mass is 448 g/mol. The maximum Gasteiger partial charge on any atom is 0.228 e. The number of hydrogen-bond acceptors (Lipinski definition) is 5. The summed E-state index contributed by atoms with van der Waals surface area (Å²) in [6.45, 7) is 0.804. The SMILES string of the molecule is CN(Cc1cc(F)cc(F)c1)c1ccc2ncc(-c3ccc(N4C[C@@H](N)CC4=O)cc3)n2n1. The van der Waals surface area contributed by atoms with Crippen molar-refractivity contribution in [1.82, 2.24) is 14.6 Å². The van der Waals surface area contributed by atoms with Crippen molar-refractivity contribution in [3.63, 3.8) is 0 Å². The number of nitrogens with two attached hydrogens (primary N) is 1. The van der Waals surface area contributed by atoms with Gasteiger partial charge in [0, 0.05) is 49.9 Å². The van der Waals surface area contributed by atoms with Crippen molar-refractivity contribution in [2.75, 3.05) is 23.4 Å². The number of anilines is 2. The van der Waals surface area contributed by atoms with E-state index in [4.69, 9.17) is 5.73 Å². The Bertz CT molecular complexity index is 1320. The summed E-state index contributed by atoms with van der Waals surface area (Å²) >= 11 is 0. The zero-order chi connectivity index (χ0) is 23.1. The lowest BCUT2D eigenvalue weighted by Gasteiger charge is -2.19. The quantitative estimate of drug-likeness (QED) is 0.506. The molecular formula is C24H22F2N6O. The number of amides is 1. The second-order valence-corrected chi connectivity index (χ2v) is 8.25. The van der Waals surface area contributed by atoms with Crippen LogP contribution in [0.2, 0.25) is 0 Å². The van der Waals surface area contributed by atoms with E-state index in [1.165, 1.54) is 12.1 Å². The van der Waals surface area contributed by atoms with E-state index in [2.05, 4.69) is 10.1 Å². The minimum atomic E-state index is -0.611. The number of fused-ring (bicyclic) bond motifs is 1. The van der Waals surface area contributed by atoms with E-state index in [1.54, 1.807) is 22.7 Å². The molecule has 0 saturated carbocycles. The maximum atomic E-state index is 13.5. The number of carbonyl (C=O) groups excluding carboxylic acids is 1. The Hall–Kier alpha value is -3.85. The van der Waals surface area contributed by atoms with Gasteiger partial charge < -0.3 is 15.5 Å². The molecule has 0 spiro atoms. The van der Waals surface area contributed by atoms with Crippen LogP contribution < -0.4 is 15.5 Å². The average Bonchev–Trinajstić information content (AvgIpc) is 3.35. The van der Waals surface area contributed by atoms with Gasteiger partial charge in [-0.05, 0) is 42.0 Å². The molecule has 168 valence electrons. The summed E-state index contributed by atoms with van der Waals surface area (Å²) in [5, 5.41) is 4.69. The van der Waals surface area contributed by atoms with Crippen molar-refractivity contribution in [3.8, 4) is 11.3 Å². The Morgan fingerprint density at radius 3 is 2.48 bits per heavy atom. The molecule has 1 fully saturated rings. The molecule has 1 atom stereocenters. The zero-order valence-corrected chi connectivity index (χ0v) is 17.9. The van der Waals surface area contributed by atoms with Gasteiger partial charge in [-0.2, -0.15) is 0 Å². The lowest BCUT2D eigenvalue weighted by atomic mass is 10.1. The summed E-state index contributed by atoms with van der Waals surface area (Å²) < 4.78 is 28.8. The van der Waals surface area contributed by atoms with Gasteiger partial charge in [0.15, 0.2) is 5.65 Å². The van der Waals surface area contributed by atoms with E-state index in [0.717, 1.165) is 23.0 Å². The molecule has 2 aromatic heterocycles. The minimum Gasteiger partial charge on any atom is -0.354 e. The first-order valence-electron chi connectivity index (χ1n) is 10.5. The topological polar surface area (TPSA) is 79.8 Å². The summed E-state index contributed by atoms with van der Waals surface area (Å²) in [6.07, 6.45) is 2.09. The summed E-state index contributed by atoms with van der Waals surface area (Å²) in [7, 11) is 1.81. The van der Waals surface area contributed by atoms with Crippen molar-refractivity contribution < 1.29 is 13.6 Å². The fourth-order valence-corrected chi connectivity index (χ4v) is 4.12. The Labute approximate surface area is 189 Å². The van der Waals surface area contributed by atoms with Gasteiger partial charge in [-0.3, -0.25) is 4.79 Å². The predicted octanol–water partition coefficient (Wildman–Crippen LogP) is 3.37. The molecule has 4 aromatic rings. The molecule has 1 amide bonds. The predicted molar refractivity (Wildman–Crippen MR) is 122 cm³/mol. The molecule has 33 heavy (non-hydrogen) atoms. The van der Waals surface area contributed by atoms with Crippen LogP contribution in [0.3, 0.4) is 0 Å². The number of rotatable bonds is 5. The van der Waals surface area contributed by atoms with Crippen LogP contribution in [0.4, 0.5) is 20.3 Å². The van der Waals surface area contributed by atoms with Gasteiger partial charge in [0.2, 0.25) is 5.91 Å². The molecule has 1 aliphatic heterocycles. The minimum absolute atomic E-state index is 0.0255. The third-order valence-electron chi connectivity index (χ3n) is 5.71. The third-order valence-corrected chi connectivity index (χ3v) is 5.71. The van der Waals surface area contributed by atoms with Gasteiger partial charge >= 0.3 is 0 Å². The number of carbonyl (C=O) groups is 1. The van der Waals surface area contributed by atoms with E-state index in [-0.39, 0.29) is 18.5 Å². The van der Waals surface area contributed by atoms with Gasteiger partial charge in [-0.25, -0.2) is 18.3 Å². The summed E-state index contributed by atoms with van der Waals surface area (Å²) in [5.41, 5.74) is 9.56. The van der Waals surface area contributed by atoms with Crippen molar-refractivity contribution in [2.45, 2.75) is 19.0 Å². The highest BCUT2D eigenvalue weighted by molar-refractivity contribution is 5.96. The zero-order valence-electron chi connectivity index (χ0n) is 17.9. The molecule has 7 nitrogen and oxygen atoms in total. The Balaban J connectivity index is 1.42. The summed E-state index contributed by atoms with van der Waals surface area (Å²) in [4.78, 5) is 20.1. The number of imidazole rings is 1. The summed E-state index contributed by atoms with van der Waals surface area (Å²) in [5.74, 6) is -0.572. The Morgan fingerprint density at radius 2 is 1.82 bits per heavy atom. The van der Waals surface area contributed by atoms with Gasteiger partial charge in [0.05, 0.1) is 11.9 Å². The molecule has 0 radical (unpaired) electrons. The number of nitrogens with zero attached hydrogens (tertiary/aromatic N) is 5. The first kappa shape index (κ1) is 21.0. The Kier molecular flexibility index (Phi) is 5.26. The van der Waals surface area contributed by atoms with Crippen LogP contribution >= 0.6 is 0 Å². The molecule has 0 aliphatic carbocycles. The largest absolute Gasteiger partial charge is 0.354 e. The molecule has 1 saturated heterocycles. The van der Waals surface area contributed by atoms with E-state index in [1.807, 2.05) is 41.3 Å². The van der Waals surface area contributed by atoms with Gasteiger partial charge in [-0.15, -0.1) is 5.10 Å². The maximum absolute atomic E-state index is 13.5. The highest BCUT2D eigenvalue weighted by Gasteiger charge is 2.28. The molecule has 3 heterocycles. The lowest BCUT2D eigenvalue weighted by Crippen LogP contribution is -2.27. The number of benzene rings is 2. The average molecular weight is 448 g/mol. The van der Waals surface area contributed by atoms with Crippen molar-refractivity contribution >= 4 is 23.1 Å². The van der Waals surface area contributed by atoms with Gasteiger partial charge in [-0.1, -0.05) is 12.1 Å². The van der Waals surface area contributed by atoms with E-state index in [9.17, 15) is 13.6 Å². The van der Waals surface area contributed by atoms with Crippen LogP contribution in [0.25, 0.3) is 16.9 Å². The first-order valence-corrected chi connectivity index (χ1v) is 10.5. The molecule has 1 aliphatic rings. The fraction of sp³-hybridized carbons (Fsp3) is 0.208. The van der Waals surface area contributed by atoms with Crippen LogP contribution in [-0.2, 0) is 11.3 Å². The van der Waals surface area contributed by atoms with Crippen molar-refractivity contribution in [1.29, 1.82) is 0 Å². The van der Waals surface area contributed by atoms with E-state index in [0.29, 0.717) is 30.0 Å². The highest BCUT2D eigenvalue weighted by Crippen LogP contribution is 2.27. The van der Waals surface area contributed by atoms with Crippen molar-refractivity contribution in [3.05, 3.63) is 78.0 Å². The highest BCUT2D eigenvalue weighted by atomic mass is 19.1. The molecule has 5 rings (SSSR count). The molecule has 0 bridgehead atoms. The van der Waals surface area contributed by atoms with Crippen LogP contribution in [0, 0.1) is 11.6 Å². The molecule has 2 aromatic carbocycles. The van der Waals surface area contributed by atoms with E-state index < -0.39 is 11.6 Å². The second-order valence-electron chi connectivity index (χ2n) is 8.25. The van der Waals surface area contributed by atoms with Gasteiger partial charge in [0.1, 0.15) is 17.5 Å². The number of halogens is 2. The van der Waals surface area contributed by atoms with Crippen LogP contribution in [0.15, 0.2) is 60.8 Å². The normalized spacial score (nSPS) is 16.1. The van der Waals surface area contributed by atoms with Crippen LogP contribution in [0.1, 0.15) is 12.0 Å². The Morgan fingerprint density at radius 1 is 1.09 bits per heavy atom. The first-order chi connectivity index (χ1) is 15.9. The fourth-order valence-electron chi connectivity index (χ4n) is 4.12. The smallest absolute Gasteiger partial charge is 0.228 e. The van der Waals surface area contributed by atoms with Gasteiger partial charge in [0.25, 0.3) is 0 Å². The van der Waals surface area contributed by atoms with Crippen LogP contribution in [-0.4, -0.2) is 40.1 Å². The van der Waals surface area contributed by atoms with E-state index >= 15 is 0 Å². The molecule has 9 heteroatoms.